The lowest BCUT2D eigenvalue weighted by Gasteiger charge is -2.22. The van der Waals surface area contributed by atoms with Crippen LogP contribution in [0, 0.1) is 6.92 Å². The van der Waals surface area contributed by atoms with E-state index in [-0.39, 0.29) is 5.60 Å². The molecule has 1 aromatic rings. The molecule has 0 aromatic carbocycles. The number of hydrogen-bond acceptors (Lipinski definition) is 3. The van der Waals surface area contributed by atoms with E-state index in [2.05, 4.69) is 20.8 Å². The summed E-state index contributed by atoms with van der Waals surface area (Å²) in [7, 11) is 0. The van der Waals surface area contributed by atoms with Crippen molar-refractivity contribution in [2.24, 2.45) is 5.73 Å². The fraction of sp³-hybridized carbons (Fsp3) is 0.667. The third kappa shape index (κ3) is 3.36. The van der Waals surface area contributed by atoms with Crippen LogP contribution in [0.2, 0.25) is 0 Å². The molecule has 0 amide bonds. The molecule has 3 nitrogen and oxygen atoms in total. The van der Waals surface area contributed by atoms with E-state index >= 15 is 0 Å². The van der Waals surface area contributed by atoms with Gasteiger partial charge >= 0.3 is 0 Å². The van der Waals surface area contributed by atoms with Crippen molar-refractivity contribution >= 4 is 0 Å². The van der Waals surface area contributed by atoms with Gasteiger partial charge in [0, 0.05) is 0 Å². The van der Waals surface area contributed by atoms with Gasteiger partial charge in [-0.1, -0.05) is 6.92 Å². The first-order valence-corrected chi connectivity index (χ1v) is 5.40. The minimum atomic E-state index is -0.0937. The second kappa shape index (κ2) is 4.81. The summed E-state index contributed by atoms with van der Waals surface area (Å²) in [6.07, 6.45) is 0.983. The zero-order valence-electron chi connectivity index (χ0n) is 10.1. The van der Waals surface area contributed by atoms with Crippen molar-refractivity contribution in [1.82, 2.24) is 0 Å². The molecule has 0 saturated carbocycles. The monoisotopic (exact) mass is 211 g/mol. The molecule has 15 heavy (non-hydrogen) atoms. The summed E-state index contributed by atoms with van der Waals surface area (Å²) in [6.45, 7) is 9.23. The molecule has 3 heteroatoms. The summed E-state index contributed by atoms with van der Waals surface area (Å²) in [4.78, 5) is 0. The molecular weight excluding hydrogens is 190 g/mol. The highest BCUT2D eigenvalue weighted by atomic mass is 16.5. The Hall–Kier alpha value is -0.800. The topological polar surface area (TPSA) is 48.4 Å². The molecule has 86 valence electrons. The highest BCUT2D eigenvalue weighted by Crippen LogP contribution is 2.19. The highest BCUT2D eigenvalue weighted by molar-refractivity contribution is 5.19. The maximum atomic E-state index is 5.74. The normalized spacial score (nSPS) is 12.1. The molecule has 0 aliphatic heterocycles. The van der Waals surface area contributed by atoms with E-state index in [4.69, 9.17) is 14.9 Å². The smallest absolute Gasteiger partial charge is 0.130 e. The van der Waals surface area contributed by atoms with Gasteiger partial charge in [-0.15, -0.1) is 0 Å². The first kappa shape index (κ1) is 12.3. The van der Waals surface area contributed by atoms with E-state index in [1.54, 1.807) is 0 Å². The molecule has 2 N–H and O–H groups in total. The van der Waals surface area contributed by atoms with Crippen molar-refractivity contribution in [3.8, 4) is 0 Å². The Bertz CT molecular complexity index is 315. The van der Waals surface area contributed by atoms with Crippen LogP contribution in [0.1, 0.15) is 44.3 Å². The van der Waals surface area contributed by atoms with Crippen LogP contribution in [0.25, 0.3) is 0 Å². The quantitative estimate of drug-likeness (QED) is 0.814. The fourth-order valence-corrected chi connectivity index (χ4v) is 1.23. The number of aryl methyl sites for hydroxylation is 1. The van der Waals surface area contributed by atoms with Gasteiger partial charge < -0.3 is 14.9 Å². The van der Waals surface area contributed by atoms with Crippen molar-refractivity contribution in [2.45, 2.75) is 52.9 Å². The Morgan fingerprint density at radius 2 is 2.13 bits per heavy atom. The summed E-state index contributed by atoms with van der Waals surface area (Å²) >= 11 is 0. The molecule has 1 aromatic heterocycles. The fourth-order valence-electron chi connectivity index (χ4n) is 1.23. The molecule has 0 spiro atoms. The van der Waals surface area contributed by atoms with Crippen LogP contribution >= 0.6 is 0 Å². The van der Waals surface area contributed by atoms with Gasteiger partial charge in [-0.05, 0) is 38.8 Å². The third-order valence-electron chi connectivity index (χ3n) is 2.71. The summed E-state index contributed by atoms with van der Waals surface area (Å²) in [5.74, 6) is 1.71. The predicted octanol–water partition coefficient (Wildman–Crippen LogP) is 2.75. The van der Waals surface area contributed by atoms with E-state index < -0.39 is 0 Å². The first-order chi connectivity index (χ1) is 6.98. The van der Waals surface area contributed by atoms with Gasteiger partial charge in [-0.2, -0.15) is 0 Å². The van der Waals surface area contributed by atoms with Gasteiger partial charge in [-0.3, -0.25) is 0 Å². The van der Waals surface area contributed by atoms with E-state index in [1.165, 1.54) is 0 Å². The molecule has 0 bridgehead atoms. The minimum Gasteiger partial charge on any atom is -0.462 e. The van der Waals surface area contributed by atoms with Crippen LogP contribution in [0.4, 0.5) is 0 Å². The Balaban J connectivity index is 2.58. The summed E-state index contributed by atoms with van der Waals surface area (Å²) in [5, 5.41) is 0. The maximum Gasteiger partial charge on any atom is 0.130 e. The lowest BCUT2D eigenvalue weighted by molar-refractivity contribution is -0.0386. The lowest BCUT2D eigenvalue weighted by atomic mass is 10.1. The van der Waals surface area contributed by atoms with Crippen molar-refractivity contribution < 1.29 is 9.15 Å². The summed E-state index contributed by atoms with van der Waals surface area (Å²) < 4.78 is 11.3. The number of rotatable bonds is 5. The van der Waals surface area contributed by atoms with Crippen LogP contribution in [-0.2, 0) is 17.9 Å². The molecule has 1 rings (SSSR count). The van der Waals surface area contributed by atoms with Crippen molar-refractivity contribution in [1.29, 1.82) is 0 Å². The van der Waals surface area contributed by atoms with Gasteiger partial charge in [0.15, 0.2) is 0 Å². The Morgan fingerprint density at radius 1 is 1.47 bits per heavy atom. The van der Waals surface area contributed by atoms with Crippen molar-refractivity contribution in [3.05, 3.63) is 23.2 Å². The molecule has 0 aliphatic rings. The number of ether oxygens (including phenoxy) is 1. The van der Waals surface area contributed by atoms with E-state index in [0.717, 1.165) is 23.5 Å². The van der Waals surface area contributed by atoms with E-state index in [1.807, 2.05) is 13.0 Å². The average molecular weight is 211 g/mol. The SMILES string of the molecule is CCC(C)(C)OCc1cc(C)c(CN)o1. The lowest BCUT2D eigenvalue weighted by Crippen LogP contribution is -2.22. The number of nitrogens with two attached hydrogens (primary N) is 1. The zero-order chi connectivity index (χ0) is 11.5. The molecule has 1 heterocycles. The van der Waals surface area contributed by atoms with Crippen LogP contribution in [0.3, 0.4) is 0 Å². The van der Waals surface area contributed by atoms with Crippen molar-refractivity contribution in [2.75, 3.05) is 0 Å². The minimum absolute atomic E-state index is 0.0937. The first-order valence-electron chi connectivity index (χ1n) is 5.40. The van der Waals surface area contributed by atoms with Crippen LogP contribution in [-0.4, -0.2) is 5.60 Å². The van der Waals surface area contributed by atoms with Gasteiger partial charge in [-0.25, -0.2) is 0 Å². The third-order valence-corrected chi connectivity index (χ3v) is 2.71. The second-order valence-electron chi connectivity index (χ2n) is 4.42. The second-order valence-corrected chi connectivity index (χ2v) is 4.42. The Morgan fingerprint density at radius 3 is 2.60 bits per heavy atom. The predicted molar refractivity (Wildman–Crippen MR) is 60.5 cm³/mol. The molecule has 0 atom stereocenters. The van der Waals surface area contributed by atoms with Gasteiger partial charge in [0.25, 0.3) is 0 Å². The molecular formula is C12H21NO2. The molecule has 0 unspecified atom stereocenters. The highest BCUT2D eigenvalue weighted by Gasteiger charge is 2.16. The maximum absolute atomic E-state index is 5.74. The molecule has 0 saturated heterocycles. The molecule has 0 aliphatic carbocycles. The number of hydrogen-bond donors (Lipinski definition) is 1. The van der Waals surface area contributed by atoms with Gasteiger partial charge in [0.2, 0.25) is 0 Å². The van der Waals surface area contributed by atoms with Crippen molar-refractivity contribution in [3.63, 3.8) is 0 Å². The molecule has 0 radical (unpaired) electrons. The van der Waals surface area contributed by atoms with E-state index in [0.29, 0.717) is 13.2 Å². The average Bonchev–Trinajstić information content (AvgIpc) is 2.56. The van der Waals surface area contributed by atoms with E-state index in [9.17, 15) is 0 Å². The zero-order valence-corrected chi connectivity index (χ0v) is 10.1. The van der Waals surface area contributed by atoms with Gasteiger partial charge in [0.05, 0.1) is 12.1 Å². The van der Waals surface area contributed by atoms with Crippen LogP contribution in [0.5, 0.6) is 0 Å². The summed E-state index contributed by atoms with van der Waals surface area (Å²) in [5.41, 5.74) is 6.55. The molecule has 0 fully saturated rings. The summed E-state index contributed by atoms with van der Waals surface area (Å²) in [6, 6.07) is 1.99. The van der Waals surface area contributed by atoms with Crippen LogP contribution < -0.4 is 5.73 Å². The van der Waals surface area contributed by atoms with Gasteiger partial charge in [0.1, 0.15) is 18.1 Å². The standard InChI is InChI=1S/C12H21NO2/c1-5-12(3,4)14-8-10-6-9(2)11(7-13)15-10/h6H,5,7-8,13H2,1-4H3. The Kier molecular flexibility index (Phi) is 3.94. The number of furan rings is 1. The largest absolute Gasteiger partial charge is 0.462 e. The van der Waals surface area contributed by atoms with Crippen LogP contribution in [0.15, 0.2) is 10.5 Å². The Labute approximate surface area is 91.6 Å².